The first kappa shape index (κ1) is 13.8. The van der Waals surface area contributed by atoms with Crippen molar-refractivity contribution in [3.8, 4) is 0 Å². The van der Waals surface area contributed by atoms with E-state index < -0.39 is 0 Å². The predicted octanol–water partition coefficient (Wildman–Crippen LogP) is 2.35. The summed E-state index contributed by atoms with van der Waals surface area (Å²) in [7, 11) is 3.90. The van der Waals surface area contributed by atoms with E-state index in [0.717, 1.165) is 11.3 Å². The van der Waals surface area contributed by atoms with Crippen molar-refractivity contribution in [2.75, 3.05) is 20.7 Å². The van der Waals surface area contributed by atoms with E-state index in [-0.39, 0.29) is 5.97 Å². The Kier molecular flexibility index (Phi) is 6.50. The third-order valence-electron chi connectivity index (χ3n) is 2.10. The minimum atomic E-state index is -0.142. The zero-order chi connectivity index (χ0) is 11.8. The molecule has 3 heteroatoms. The monoisotopic (exact) mass is 211 g/mol. The van der Waals surface area contributed by atoms with Crippen molar-refractivity contribution in [1.29, 1.82) is 0 Å². The zero-order valence-electron chi connectivity index (χ0n) is 10.2. The second-order valence-corrected chi connectivity index (χ2v) is 3.57. The van der Waals surface area contributed by atoms with Gasteiger partial charge in [-0.1, -0.05) is 12.7 Å². The number of allylic oxidation sites excluding steroid dienone is 2. The molecular weight excluding hydrogens is 190 g/mol. The highest BCUT2D eigenvalue weighted by Gasteiger charge is 2.01. The Hall–Kier alpha value is -1.25. The van der Waals surface area contributed by atoms with Crippen LogP contribution in [0.1, 0.15) is 26.7 Å². The number of likely N-dealkylation sites (N-methyl/N-ethyl adjacent to an activating group) is 1. The number of esters is 1. The topological polar surface area (TPSA) is 29.5 Å². The molecule has 15 heavy (non-hydrogen) atoms. The minimum absolute atomic E-state index is 0.142. The first-order chi connectivity index (χ1) is 6.99. The third-order valence-corrected chi connectivity index (χ3v) is 2.10. The normalized spacial score (nSPS) is 11.1. The van der Waals surface area contributed by atoms with Crippen LogP contribution in [0.3, 0.4) is 0 Å². The van der Waals surface area contributed by atoms with Gasteiger partial charge >= 0.3 is 5.97 Å². The van der Waals surface area contributed by atoms with Gasteiger partial charge in [0.2, 0.25) is 0 Å². The first-order valence-corrected chi connectivity index (χ1v) is 5.18. The highest BCUT2D eigenvalue weighted by molar-refractivity contribution is 5.69. The summed E-state index contributed by atoms with van der Waals surface area (Å²) in [5.41, 5.74) is 2.07. The van der Waals surface area contributed by atoms with Crippen molar-refractivity contribution < 1.29 is 9.53 Å². The van der Waals surface area contributed by atoms with Crippen LogP contribution in [0.25, 0.3) is 0 Å². The van der Waals surface area contributed by atoms with Crippen molar-refractivity contribution in [3.05, 3.63) is 23.9 Å². The fourth-order valence-corrected chi connectivity index (χ4v) is 1.11. The summed E-state index contributed by atoms with van der Waals surface area (Å²) >= 11 is 0. The SMILES string of the molecule is C=C(/C(C)=C/CCC(=O)OCC)N(C)C. The fraction of sp³-hybridized carbons (Fsp3) is 0.583. The molecule has 0 aliphatic heterocycles. The zero-order valence-corrected chi connectivity index (χ0v) is 10.2. The van der Waals surface area contributed by atoms with Crippen LogP contribution in [0.15, 0.2) is 23.9 Å². The molecule has 0 rings (SSSR count). The highest BCUT2D eigenvalue weighted by Crippen LogP contribution is 2.10. The Bertz CT molecular complexity index is 254. The van der Waals surface area contributed by atoms with Gasteiger partial charge in [0, 0.05) is 26.2 Å². The summed E-state index contributed by atoms with van der Waals surface area (Å²) in [5.74, 6) is -0.142. The lowest BCUT2D eigenvalue weighted by molar-refractivity contribution is -0.142. The second kappa shape index (κ2) is 7.10. The van der Waals surface area contributed by atoms with Gasteiger partial charge in [-0.2, -0.15) is 0 Å². The Morgan fingerprint density at radius 3 is 2.53 bits per heavy atom. The van der Waals surface area contributed by atoms with E-state index in [1.54, 1.807) is 0 Å². The van der Waals surface area contributed by atoms with Crippen LogP contribution in [-0.4, -0.2) is 31.6 Å². The molecule has 0 unspecified atom stereocenters. The molecule has 0 aromatic rings. The Labute approximate surface area is 92.4 Å². The Morgan fingerprint density at radius 1 is 1.47 bits per heavy atom. The molecule has 0 aliphatic carbocycles. The van der Waals surface area contributed by atoms with Crippen LogP contribution in [0, 0.1) is 0 Å². The van der Waals surface area contributed by atoms with Gasteiger partial charge in [-0.05, 0) is 25.8 Å². The molecule has 0 N–H and O–H groups in total. The fourth-order valence-electron chi connectivity index (χ4n) is 1.11. The van der Waals surface area contributed by atoms with Gasteiger partial charge in [-0.25, -0.2) is 0 Å². The van der Waals surface area contributed by atoms with E-state index in [1.807, 2.05) is 38.9 Å². The molecule has 86 valence electrons. The maximum Gasteiger partial charge on any atom is 0.306 e. The van der Waals surface area contributed by atoms with E-state index in [1.165, 1.54) is 0 Å². The maximum atomic E-state index is 11.0. The Morgan fingerprint density at radius 2 is 2.07 bits per heavy atom. The van der Waals surface area contributed by atoms with Crippen molar-refractivity contribution >= 4 is 5.97 Å². The van der Waals surface area contributed by atoms with Crippen LogP contribution >= 0.6 is 0 Å². The smallest absolute Gasteiger partial charge is 0.306 e. The van der Waals surface area contributed by atoms with E-state index in [2.05, 4.69) is 6.58 Å². The van der Waals surface area contributed by atoms with Crippen LogP contribution in [0.5, 0.6) is 0 Å². The van der Waals surface area contributed by atoms with Crippen molar-refractivity contribution in [2.45, 2.75) is 26.7 Å². The van der Waals surface area contributed by atoms with Crippen LogP contribution in [-0.2, 0) is 9.53 Å². The van der Waals surface area contributed by atoms with E-state index in [0.29, 0.717) is 19.4 Å². The Balaban J connectivity index is 3.96. The lowest BCUT2D eigenvalue weighted by Crippen LogP contribution is -2.10. The molecule has 0 bridgehead atoms. The van der Waals surface area contributed by atoms with Crippen LogP contribution in [0.2, 0.25) is 0 Å². The summed E-state index contributed by atoms with van der Waals surface area (Å²) < 4.78 is 4.83. The lowest BCUT2D eigenvalue weighted by Gasteiger charge is -2.15. The third kappa shape index (κ3) is 5.94. The molecule has 0 saturated carbocycles. The number of ether oxygens (including phenoxy) is 1. The molecule has 0 aliphatic rings. The molecule has 0 spiro atoms. The van der Waals surface area contributed by atoms with Gasteiger partial charge in [0.1, 0.15) is 0 Å². The first-order valence-electron chi connectivity index (χ1n) is 5.18. The number of hydrogen-bond acceptors (Lipinski definition) is 3. The quantitative estimate of drug-likeness (QED) is 0.499. The molecule has 0 saturated heterocycles. The molecule has 3 nitrogen and oxygen atoms in total. The molecule has 0 aromatic heterocycles. The van der Waals surface area contributed by atoms with Crippen molar-refractivity contribution in [3.63, 3.8) is 0 Å². The maximum absolute atomic E-state index is 11.0. The van der Waals surface area contributed by atoms with Gasteiger partial charge in [0.25, 0.3) is 0 Å². The van der Waals surface area contributed by atoms with E-state index in [4.69, 9.17) is 4.74 Å². The van der Waals surface area contributed by atoms with Crippen molar-refractivity contribution in [1.82, 2.24) is 4.90 Å². The number of carbonyl (C=O) groups excluding carboxylic acids is 1. The molecule has 0 aromatic carbocycles. The highest BCUT2D eigenvalue weighted by atomic mass is 16.5. The van der Waals surface area contributed by atoms with Crippen LogP contribution < -0.4 is 0 Å². The summed E-state index contributed by atoms with van der Waals surface area (Å²) in [6, 6.07) is 0. The summed E-state index contributed by atoms with van der Waals surface area (Å²) in [6.07, 6.45) is 3.16. The van der Waals surface area contributed by atoms with Gasteiger partial charge in [-0.3, -0.25) is 4.79 Å². The van der Waals surface area contributed by atoms with Gasteiger partial charge in [0.15, 0.2) is 0 Å². The number of nitrogens with zero attached hydrogens (tertiary/aromatic N) is 1. The average Bonchev–Trinajstić information content (AvgIpc) is 2.16. The average molecular weight is 211 g/mol. The van der Waals surface area contributed by atoms with E-state index >= 15 is 0 Å². The molecular formula is C12H21NO2. The molecule has 0 fully saturated rings. The van der Waals surface area contributed by atoms with Gasteiger partial charge < -0.3 is 9.64 Å². The number of hydrogen-bond donors (Lipinski definition) is 0. The van der Waals surface area contributed by atoms with E-state index in [9.17, 15) is 4.79 Å². The standard InChI is InChI=1S/C12H21NO2/c1-6-15-12(14)9-7-8-10(2)11(3)13(4)5/h8H,3,6-7,9H2,1-2,4-5H3/b10-8+. The summed E-state index contributed by atoms with van der Waals surface area (Å²) in [4.78, 5) is 13.0. The second-order valence-electron chi connectivity index (χ2n) is 3.57. The molecule has 0 amide bonds. The summed E-state index contributed by atoms with van der Waals surface area (Å²) in [6.45, 7) is 8.19. The number of rotatable bonds is 6. The number of carbonyl (C=O) groups is 1. The van der Waals surface area contributed by atoms with Crippen LogP contribution in [0.4, 0.5) is 0 Å². The molecule has 0 atom stereocenters. The lowest BCUT2D eigenvalue weighted by atomic mass is 10.1. The predicted molar refractivity (Wildman–Crippen MR) is 62.5 cm³/mol. The summed E-state index contributed by atoms with van der Waals surface area (Å²) in [5, 5.41) is 0. The molecule has 0 heterocycles. The van der Waals surface area contributed by atoms with Gasteiger partial charge in [-0.15, -0.1) is 0 Å². The molecule has 0 radical (unpaired) electrons. The largest absolute Gasteiger partial charge is 0.466 e. The van der Waals surface area contributed by atoms with Gasteiger partial charge in [0.05, 0.1) is 6.61 Å². The van der Waals surface area contributed by atoms with Crippen molar-refractivity contribution in [2.24, 2.45) is 0 Å². The minimum Gasteiger partial charge on any atom is -0.466 e.